The highest BCUT2D eigenvalue weighted by Crippen LogP contribution is 2.64. The SMILES string of the molecule is CC1(C)C(=O)N(C2C3CC4C[C@H]2CC(C(=O)O)(C4)C3)C1c1cccc2ccccc12. The van der Waals surface area contributed by atoms with E-state index in [2.05, 4.69) is 61.2 Å². The molecule has 1 amide bonds. The molecule has 4 saturated carbocycles. The third-order valence-electron chi connectivity index (χ3n) is 8.86. The lowest BCUT2D eigenvalue weighted by Crippen LogP contribution is -2.70. The van der Waals surface area contributed by atoms with E-state index in [0.29, 0.717) is 17.8 Å². The Bertz CT molecular complexity index is 1050. The summed E-state index contributed by atoms with van der Waals surface area (Å²) in [4.78, 5) is 27.8. The van der Waals surface area contributed by atoms with Crippen molar-refractivity contribution in [1.82, 2.24) is 4.90 Å². The zero-order valence-corrected chi connectivity index (χ0v) is 17.7. The molecule has 0 aromatic heterocycles. The van der Waals surface area contributed by atoms with Crippen molar-refractivity contribution in [3.8, 4) is 0 Å². The minimum Gasteiger partial charge on any atom is -0.481 e. The van der Waals surface area contributed by atoms with E-state index in [1.165, 1.54) is 16.3 Å². The summed E-state index contributed by atoms with van der Waals surface area (Å²) in [5.41, 5.74) is 0.272. The molecule has 6 atom stereocenters. The van der Waals surface area contributed by atoms with Gasteiger partial charge in [0.2, 0.25) is 5.91 Å². The fourth-order valence-electron chi connectivity index (χ4n) is 7.90. The van der Waals surface area contributed by atoms with Crippen LogP contribution in [0, 0.1) is 28.6 Å². The summed E-state index contributed by atoms with van der Waals surface area (Å²) in [6.07, 6.45) is 4.50. The average molecular weight is 404 g/mol. The molecule has 30 heavy (non-hydrogen) atoms. The number of amides is 1. The van der Waals surface area contributed by atoms with Gasteiger partial charge in [-0.25, -0.2) is 0 Å². The molecule has 0 radical (unpaired) electrons. The predicted octanol–water partition coefficient (Wildman–Crippen LogP) is 5.03. The van der Waals surface area contributed by atoms with Crippen LogP contribution in [0.1, 0.15) is 57.6 Å². The lowest BCUT2D eigenvalue weighted by Gasteiger charge is -2.66. The Morgan fingerprint density at radius 2 is 1.67 bits per heavy atom. The van der Waals surface area contributed by atoms with Gasteiger partial charge in [0.1, 0.15) is 0 Å². The van der Waals surface area contributed by atoms with Gasteiger partial charge in [-0.1, -0.05) is 42.5 Å². The first-order valence-electron chi connectivity index (χ1n) is 11.4. The molecule has 5 fully saturated rings. The molecule has 4 aliphatic carbocycles. The smallest absolute Gasteiger partial charge is 0.309 e. The number of hydrogen-bond acceptors (Lipinski definition) is 2. The van der Waals surface area contributed by atoms with Crippen molar-refractivity contribution in [2.75, 3.05) is 0 Å². The van der Waals surface area contributed by atoms with E-state index in [-0.39, 0.29) is 18.0 Å². The number of aliphatic carboxylic acids is 1. The third-order valence-corrected chi connectivity index (χ3v) is 8.86. The molecule has 5 unspecified atom stereocenters. The molecule has 4 nitrogen and oxygen atoms in total. The number of benzene rings is 2. The number of β-lactam (4-membered cyclic amide) rings is 1. The van der Waals surface area contributed by atoms with Gasteiger partial charge in [0, 0.05) is 6.04 Å². The molecule has 156 valence electrons. The zero-order valence-electron chi connectivity index (χ0n) is 17.7. The summed E-state index contributed by atoms with van der Waals surface area (Å²) in [5, 5.41) is 12.4. The standard InChI is InChI=1S/C26H29NO3/c1-25(2)22(20-9-5-7-16-6-3-4-8-19(16)20)27(23(25)28)21-17-10-15-11-18(21)14-26(12-15,13-17)24(29)30/h3-9,15,17-18,21-22H,10-14H2,1-2H3,(H,29,30)/t15?,17-,18?,21?,22?,26?/m0/s1. The Labute approximate surface area is 177 Å². The van der Waals surface area contributed by atoms with Gasteiger partial charge in [-0.05, 0) is 80.0 Å². The number of nitrogens with zero attached hydrogens (tertiary/aromatic N) is 1. The van der Waals surface area contributed by atoms with Crippen molar-refractivity contribution >= 4 is 22.6 Å². The molecule has 4 bridgehead atoms. The van der Waals surface area contributed by atoms with E-state index < -0.39 is 16.8 Å². The van der Waals surface area contributed by atoms with E-state index >= 15 is 0 Å². The van der Waals surface area contributed by atoms with Crippen LogP contribution in [-0.4, -0.2) is 27.9 Å². The second-order valence-electron chi connectivity index (χ2n) is 11.0. The fourth-order valence-corrected chi connectivity index (χ4v) is 7.90. The Morgan fingerprint density at radius 3 is 2.37 bits per heavy atom. The van der Waals surface area contributed by atoms with Crippen LogP contribution < -0.4 is 0 Å². The van der Waals surface area contributed by atoms with Crippen molar-refractivity contribution in [2.45, 2.75) is 58.0 Å². The number of likely N-dealkylation sites (tertiary alicyclic amines) is 1. The van der Waals surface area contributed by atoms with Gasteiger partial charge in [0.05, 0.1) is 16.9 Å². The first-order chi connectivity index (χ1) is 14.3. The van der Waals surface area contributed by atoms with Crippen LogP contribution in [0.2, 0.25) is 0 Å². The second-order valence-corrected chi connectivity index (χ2v) is 11.0. The van der Waals surface area contributed by atoms with Crippen LogP contribution in [0.5, 0.6) is 0 Å². The molecular formula is C26H29NO3. The highest BCUT2D eigenvalue weighted by Gasteiger charge is 2.65. The third kappa shape index (κ3) is 2.23. The molecule has 1 heterocycles. The second kappa shape index (κ2) is 5.87. The number of carbonyl (C=O) groups excluding carboxylic acids is 1. The lowest BCUT2D eigenvalue weighted by atomic mass is 9.47. The minimum absolute atomic E-state index is 0.0550. The summed E-state index contributed by atoms with van der Waals surface area (Å²) >= 11 is 0. The van der Waals surface area contributed by atoms with Crippen LogP contribution in [0.25, 0.3) is 10.8 Å². The summed E-state index contributed by atoms with van der Waals surface area (Å²) in [6, 6.07) is 15.1. The maximum Gasteiger partial charge on any atom is 0.309 e. The molecule has 7 rings (SSSR count). The quantitative estimate of drug-likeness (QED) is 0.732. The van der Waals surface area contributed by atoms with Gasteiger partial charge < -0.3 is 10.0 Å². The Morgan fingerprint density at radius 1 is 1.00 bits per heavy atom. The molecule has 1 N–H and O–H groups in total. The molecular weight excluding hydrogens is 374 g/mol. The van der Waals surface area contributed by atoms with Crippen LogP contribution in [0.4, 0.5) is 0 Å². The van der Waals surface area contributed by atoms with Crippen molar-refractivity contribution < 1.29 is 14.7 Å². The number of rotatable bonds is 3. The monoisotopic (exact) mass is 403 g/mol. The van der Waals surface area contributed by atoms with Gasteiger partial charge >= 0.3 is 5.97 Å². The minimum atomic E-state index is -0.610. The van der Waals surface area contributed by atoms with Crippen LogP contribution >= 0.6 is 0 Å². The maximum absolute atomic E-state index is 13.4. The van der Waals surface area contributed by atoms with Gasteiger partial charge in [0.15, 0.2) is 0 Å². The molecule has 4 heteroatoms. The van der Waals surface area contributed by atoms with E-state index in [9.17, 15) is 14.7 Å². The lowest BCUT2D eigenvalue weighted by molar-refractivity contribution is -0.202. The summed E-state index contributed by atoms with van der Waals surface area (Å²) in [6.45, 7) is 4.15. The van der Waals surface area contributed by atoms with Crippen molar-refractivity contribution in [1.29, 1.82) is 0 Å². The van der Waals surface area contributed by atoms with Gasteiger partial charge in [0.25, 0.3) is 0 Å². The fraction of sp³-hybridized carbons (Fsp3) is 0.538. The van der Waals surface area contributed by atoms with E-state index in [4.69, 9.17) is 0 Å². The highest BCUT2D eigenvalue weighted by molar-refractivity contribution is 5.94. The summed E-state index contributed by atoms with van der Waals surface area (Å²) in [7, 11) is 0. The van der Waals surface area contributed by atoms with Crippen molar-refractivity contribution in [3.05, 3.63) is 48.0 Å². The van der Waals surface area contributed by atoms with Crippen LogP contribution in [-0.2, 0) is 9.59 Å². The number of hydrogen-bond donors (Lipinski definition) is 1. The Kier molecular flexibility index (Phi) is 3.60. The predicted molar refractivity (Wildman–Crippen MR) is 115 cm³/mol. The summed E-state index contributed by atoms with van der Waals surface area (Å²) in [5.74, 6) is 0.800. The number of carboxylic acid groups (broad SMARTS) is 1. The molecule has 0 spiro atoms. The number of carbonyl (C=O) groups is 2. The van der Waals surface area contributed by atoms with Gasteiger partial charge in [-0.2, -0.15) is 0 Å². The number of fused-ring (bicyclic) bond motifs is 1. The Hall–Kier alpha value is -2.36. The van der Waals surface area contributed by atoms with E-state index in [0.717, 1.165) is 32.1 Å². The largest absolute Gasteiger partial charge is 0.481 e. The molecule has 2 aromatic carbocycles. The maximum atomic E-state index is 13.4. The van der Waals surface area contributed by atoms with Gasteiger partial charge in [-0.15, -0.1) is 0 Å². The van der Waals surface area contributed by atoms with Crippen LogP contribution in [0.15, 0.2) is 42.5 Å². The van der Waals surface area contributed by atoms with Gasteiger partial charge in [-0.3, -0.25) is 9.59 Å². The first-order valence-corrected chi connectivity index (χ1v) is 11.4. The zero-order chi connectivity index (χ0) is 20.8. The first kappa shape index (κ1) is 18.4. The van der Waals surface area contributed by atoms with E-state index in [1.54, 1.807) is 0 Å². The molecule has 5 aliphatic rings. The van der Waals surface area contributed by atoms with Crippen molar-refractivity contribution in [3.63, 3.8) is 0 Å². The van der Waals surface area contributed by atoms with E-state index in [1.807, 2.05) is 0 Å². The highest BCUT2D eigenvalue weighted by atomic mass is 16.4. The normalized spacial score (nSPS) is 38.7. The molecule has 2 aromatic rings. The molecule has 1 aliphatic heterocycles. The molecule has 1 saturated heterocycles. The van der Waals surface area contributed by atoms with Crippen molar-refractivity contribution in [2.24, 2.45) is 28.6 Å². The Balaban J connectivity index is 1.42. The average Bonchev–Trinajstić information content (AvgIpc) is 2.71. The summed E-state index contributed by atoms with van der Waals surface area (Å²) < 4.78 is 0. The number of carboxylic acids is 1. The topological polar surface area (TPSA) is 57.6 Å². The van der Waals surface area contributed by atoms with Crippen LogP contribution in [0.3, 0.4) is 0 Å².